The van der Waals surface area contributed by atoms with Gasteiger partial charge in [-0.3, -0.25) is 4.79 Å². The minimum atomic E-state index is 0.0343. The summed E-state index contributed by atoms with van der Waals surface area (Å²) in [5, 5.41) is 9.57. The number of likely N-dealkylation sites (tertiary alicyclic amines) is 1. The third-order valence-corrected chi connectivity index (χ3v) is 3.74. The summed E-state index contributed by atoms with van der Waals surface area (Å²) in [5.74, 6) is 0.454. The number of nitrogens with zero attached hydrogens (tertiary/aromatic N) is 2. The fraction of sp³-hybridized carbons (Fsp3) is 0.615. The molecule has 1 aromatic heterocycles. The largest absolute Gasteiger partial charge is 0.396 e. The molecule has 1 saturated heterocycles. The molecule has 2 heterocycles. The van der Waals surface area contributed by atoms with Crippen LogP contribution in [0.5, 0.6) is 0 Å². The van der Waals surface area contributed by atoms with Crippen LogP contribution in [0.15, 0.2) is 12.3 Å². The molecule has 0 spiro atoms. The van der Waals surface area contributed by atoms with Gasteiger partial charge in [0.05, 0.1) is 5.02 Å². The van der Waals surface area contributed by atoms with Gasteiger partial charge in [0.25, 0.3) is 5.91 Å². The van der Waals surface area contributed by atoms with Gasteiger partial charge in [0.1, 0.15) is 5.69 Å². The van der Waals surface area contributed by atoms with Crippen molar-refractivity contribution in [3.8, 4) is 0 Å². The van der Waals surface area contributed by atoms with E-state index < -0.39 is 0 Å². The Labute approximate surface area is 112 Å². The maximum atomic E-state index is 12.4. The SMILES string of the molecule is Cn1cc(Cl)cc1C(=O)N1CCCC(CCO)C1. The molecule has 1 atom stereocenters. The second kappa shape index (κ2) is 5.76. The summed E-state index contributed by atoms with van der Waals surface area (Å²) in [6, 6.07) is 1.71. The van der Waals surface area contributed by atoms with E-state index in [0.717, 1.165) is 32.4 Å². The van der Waals surface area contributed by atoms with Crippen LogP contribution in [0, 0.1) is 5.92 Å². The number of aliphatic hydroxyl groups excluding tert-OH is 1. The Morgan fingerprint density at radius 2 is 2.39 bits per heavy atom. The Balaban J connectivity index is 2.06. The lowest BCUT2D eigenvalue weighted by atomic mass is 9.95. The van der Waals surface area contributed by atoms with Crippen LogP contribution in [-0.4, -0.2) is 40.2 Å². The molecule has 0 bridgehead atoms. The minimum Gasteiger partial charge on any atom is -0.396 e. The summed E-state index contributed by atoms with van der Waals surface area (Å²) >= 11 is 5.90. The number of halogens is 1. The summed E-state index contributed by atoms with van der Waals surface area (Å²) in [6.07, 6.45) is 4.62. The summed E-state index contributed by atoms with van der Waals surface area (Å²) in [7, 11) is 1.83. The minimum absolute atomic E-state index is 0.0343. The number of rotatable bonds is 3. The normalized spacial score (nSPS) is 20.2. The second-order valence-corrected chi connectivity index (χ2v) is 5.36. The molecule has 1 aliphatic heterocycles. The summed E-state index contributed by atoms with van der Waals surface area (Å²) in [6.45, 7) is 1.73. The predicted molar refractivity (Wildman–Crippen MR) is 70.8 cm³/mol. The van der Waals surface area contributed by atoms with Crippen LogP contribution < -0.4 is 0 Å². The molecular weight excluding hydrogens is 252 g/mol. The molecule has 0 aliphatic carbocycles. The highest BCUT2D eigenvalue weighted by molar-refractivity contribution is 6.31. The molecule has 0 saturated carbocycles. The molecule has 1 amide bonds. The molecule has 1 aromatic rings. The monoisotopic (exact) mass is 270 g/mol. The van der Waals surface area contributed by atoms with Crippen molar-refractivity contribution < 1.29 is 9.90 Å². The average molecular weight is 271 g/mol. The van der Waals surface area contributed by atoms with E-state index in [-0.39, 0.29) is 12.5 Å². The third-order valence-electron chi connectivity index (χ3n) is 3.53. The van der Waals surface area contributed by atoms with E-state index >= 15 is 0 Å². The van der Waals surface area contributed by atoms with Gasteiger partial charge in [-0.1, -0.05) is 11.6 Å². The number of hydrogen-bond acceptors (Lipinski definition) is 2. The summed E-state index contributed by atoms with van der Waals surface area (Å²) < 4.78 is 1.76. The van der Waals surface area contributed by atoms with Gasteiger partial charge >= 0.3 is 0 Å². The Morgan fingerprint density at radius 1 is 1.61 bits per heavy atom. The molecule has 4 nitrogen and oxygen atoms in total. The fourth-order valence-corrected chi connectivity index (χ4v) is 2.82. The number of aromatic nitrogens is 1. The topological polar surface area (TPSA) is 45.5 Å². The molecule has 1 unspecified atom stereocenters. The predicted octanol–water partition coefficient (Wildman–Crippen LogP) is 1.91. The first-order valence-corrected chi connectivity index (χ1v) is 6.71. The standard InChI is InChI=1S/C13H19ClN2O2/c1-15-9-11(14)7-12(15)13(18)16-5-2-3-10(8-16)4-6-17/h7,9-10,17H,2-6,8H2,1H3. The van der Waals surface area contributed by atoms with E-state index in [0.29, 0.717) is 16.6 Å². The molecule has 2 rings (SSSR count). The third kappa shape index (κ3) is 2.87. The zero-order valence-corrected chi connectivity index (χ0v) is 11.4. The zero-order chi connectivity index (χ0) is 13.1. The maximum Gasteiger partial charge on any atom is 0.270 e. The molecule has 0 radical (unpaired) electrons. The fourth-order valence-electron chi connectivity index (χ4n) is 2.57. The quantitative estimate of drug-likeness (QED) is 0.912. The van der Waals surface area contributed by atoms with Gasteiger partial charge in [-0.05, 0) is 31.2 Å². The molecule has 100 valence electrons. The van der Waals surface area contributed by atoms with Gasteiger partial charge in [0.15, 0.2) is 0 Å². The van der Waals surface area contributed by atoms with Crippen LogP contribution >= 0.6 is 11.6 Å². The Hall–Kier alpha value is -1.00. The Bertz CT molecular complexity index is 429. The maximum absolute atomic E-state index is 12.4. The molecule has 1 fully saturated rings. The number of amides is 1. The van der Waals surface area contributed by atoms with Gasteiger partial charge in [-0.15, -0.1) is 0 Å². The van der Waals surface area contributed by atoms with E-state index in [9.17, 15) is 4.79 Å². The smallest absolute Gasteiger partial charge is 0.270 e. The van der Waals surface area contributed by atoms with Crippen molar-refractivity contribution in [2.75, 3.05) is 19.7 Å². The average Bonchev–Trinajstić information content (AvgIpc) is 2.68. The van der Waals surface area contributed by atoms with Crippen LogP contribution in [0.4, 0.5) is 0 Å². The highest BCUT2D eigenvalue weighted by Crippen LogP contribution is 2.22. The van der Waals surface area contributed by atoms with Gasteiger partial charge in [-0.2, -0.15) is 0 Å². The number of carbonyl (C=O) groups excluding carboxylic acids is 1. The number of aliphatic hydroxyl groups is 1. The lowest BCUT2D eigenvalue weighted by Gasteiger charge is -2.32. The molecular formula is C13H19ClN2O2. The zero-order valence-electron chi connectivity index (χ0n) is 10.6. The van der Waals surface area contributed by atoms with Crippen molar-refractivity contribution in [3.05, 3.63) is 23.0 Å². The van der Waals surface area contributed by atoms with Gasteiger partial charge < -0.3 is 14.6 Å². The van der Waals surface area contributed by atoms with Crippen molar-refractivity contribution >= 4 is 17.5 Å². The van der Waals surface area contributed by atoms with Crippen LogP contribution in [0.25, 0.3) is 0 Å². The van der Waals surface area contributed by atoms with Crippen LogP contribution in [0.1, 0.15) is 29.8 Å². The van der Waals surface area contributed by atoms with E-state index in [4.69, 9.17) is 16.7 Å². The number of hydrogen-bond donors (Lipinski definition) is 1. The number of piperidine rings is 1. The first kappa shape index (κ1) is 13.4. The van der Waals surface area contributed by atoms with Crippen LogP contribution in [0.2, 0.25) is 5.02 Å². The highest BCUT2D eigenvalue weighted by atomic mass is 35.5. The van der Waals surface area contributed by atoms with E-state index in [2.05, 4.69) is 0 Å². The lowest BCUT2D eigenvalue weighted by molar-refractivity contribution is 0.0644. The summed E-state index contributed by atoms with van der Waals surface area (Å²) in [4.78, 5) is 14.2. The van der Waals surface area contributed by atoms with Gasteiger partial charge in [0, 0.05) is 32.9 Å². The van der Waals surface area contributed by atoms with Crippen molar-refractivity contribution in [2.45, 2.75) is 19.3 Å². The van der Waals surface area contributed by atoms with Crippen molar-refractivity contribution in [2.24, 2.45) is 13.0 Å². The Morgan fingerprint density at radius 3 is 3.00 bits per heavy atom. The molecule has 0 aromatic carbocycles. The number of aryl methyl sites for hydroxylation is 1. The number of carbonyl (C=O) groups is 1. The highest BCUT2D eigenvalue weighted by Gasteiger charge is 2.25. The Kier molecular flexibility index (Phi) is 4.30. The summed E-state index contributed by atoms with van der Waals surface area (Å²) in [5.41, 5.74) is 0.629. The molecule has 5 heteroatoms. The lowest BCUT2D eigenvalue weighted by Crippen LogP contribution is -2.40. The first-order chi connectivity index (χ1) is 8.61. The van der Waals surface area contributed by atoms with Gasteiger partial charge in [-0.25, -0.2) is 0 Å². The van der Waals surface area contributed by atoms with Crippen molar-refractivity contribution in [1.82, 2.24) is 9.47 Å². The van der Waals surface area contributed by atoms with E-state index in [1.807, 2.05) is 11.9 Å². The van der Waals surface area contributed by atoms with E-state index in [1.165, 1.54) is 0 Å². The second-order valence-electron chi connectivity index (χ2n) is 4.93. The molecule has 1 N–H and O–H groups in total. The van der Waals surface area contributed by atoms with Gasteiger partial charge in [0.2, 0.25) is 0 Å². The van der Waals surface area contributed by atoms with Crippen molar-refractivity contribution in [1.29, 1.82) is 0 Å². The molecule has 1 aliphatic rings. The van der Waals surface area contributed by atoms with Crippen molar-refractivity contribution in [3.63, 3.8) is 0 Å². The first-order valence-electron chi connectivity index (χ1n) is 6.34. The van der Waals surface area contributed by atoms with Crippen LogP contribution in [0.3, 0.4) is 0 Å². The van der Waals surface area contributed by atoms with Crippen LogP contribution in [-0.2, 0) is 7.05 Å². The molecule has 18 heavy (non-hydrogen) atoms. The van der Waals surface area contributed by atoms with E-state index in [1.54, 1.807) is 16.8 Å².